The van der Waals surface area contributed by atoms with Gasteiger partial charge in [0, 0.05) is 18.6 Å². The van der Waals surface area contributed by atoms with Gasteiger partial charge in [-0.1, -0.05) is 25.7 Å². The minimum Gasteiger partial charge on any atom is -0.454 e. The fourth-order valence-corrected chi connectivity index (χ4v) is 4.53. The first kappa shape index (κ1) is 20.7. The number of hydrogen-bond donors (Lipinski definition) is 3. The lowest BCUT2D eigenvalue weighted by Crippen LogP contribution is -2.59. The second-order valence-corrected chi connectivity index (χ2v) is 8.01. The molecule has 0 unspecified atom stereocenters. The Morgan fingerprint density at radius 1 is 1.14 bits per heavy atom. The van der Waals surface area contributed by atoms with Crippen LogP contribution < -0.4 is 16.4 Å². The van der Waals surface area contributed by atoms with Gasteiger partial charge in [0.1, 0.15) is 12.3 Å². The summed E-state index contributed by atoms with van der Waals surface area (Å²) < 4.78 is 5.44. The molecule has 2 aliphatic rings. The van der Waals surface area contributed by atoms with Crippen LogP contribution in [0.15, 0.2) is 21.5 Å². The molecular weight excluding hydrogens is 354 g/mol. The molecule has 1 amide bonds. The maximum atomic E-state index is 11.2. The predicted molar refractivity (Wildman–Crippen MR) is 111 cm³/mol. The van der Waals surface area contributed by atoms with Gasteiger partial charge < -0.3 is 20.8 Å². The van der Waals surface area contributed by atoms with Crippen molar-refractivity contribution in [2.45, 2.75) is 70.4 Å². The van der Waals surface area contributed by atoms with Crippen LogP contribution in [0.4, 0.5) is 0 Å². The highest BCUT2D eigenvalue weighted by Gasteiger charge is 2.38. The second kappa shape index (κ2) is 9.96. The maximum Gasteiger partial charge on any atom is 0.284 e. The summed E-state index contributed by atoms with van der Waals surface area (Å²) in [6.07, 6.45) is 10.5. The monoisotopic (exact) mass is 389 g/mol. The third-order valence-electron chi connectivity index (χ3n) is 6.04. The van der Waals surface area contributed by atoms with Gasteiger partial charge >= 0.3 is 0 Å². The van der Waals surface area contributed by atoms with Gasteiger partial charge in [-0.25, -0.2) is 4.99 Å². The van der Waals surface area contributed by atoms with E-state index in [9.17, 15) is 4.79 Å². The quantitative estimate of drug-likeness (QED) is 0.492. The van der Waals surface area contributed by atoms with Crippen molar-refractivity contribution in [3.63, 3.8) is 0 Å². The zero-order chi connectivity index (χ0) is 19.8. The number of nitrogens with two attached hydrogens (primary N) is 1. The summed E-state index contributed by atoms with van der Waals surface area (Å²) in [6.45, 7) is 6.60. The molecule has 1 aliphatic carbocycles. The van der Waals surface area contributed by atoms with E-state index in [1.807, 2.05) is 0 Å². The summed E-state index contributed by atoms with van der Waals surface area (Å²) in [7, 11) is 0. The number of rotatable bonds is 7. The van der Waals surface area contributed by atoms with Gasteiger partial charge in [-0.05, 0) is 57.8 Å². The van der Waals surface area contributed by atoms with E-state index in [1.54, 1.807) is 12.1 Å². The molecule has 0 radical (unpaired) electrons. The lowest BCUT2D eigenvalue weighted by Gasteiger charge is -2.48. The number of nitrogens with one attached hydrogen (secondary N) is 2. The Bertz CT molecular complexity index is 658. The Morgan fingerprint density at radius 2 is 1.86 bits per heavy atom. The molecule has 3 rings (SSSR count). The number of primary amides is 1. The minimum absolute atomic E-state index is 0.175. The third kappa shape index (κ3) is 5.28. The predicted octanol–water partition coefficient (Wildman–Crippen LogP) is 2.62. The van der Waals surface area contributed by atoms with Gasteiger partial charge in [0.05, 0.1) is 0 Å². The lowest BCUT2D eigenvalue weighted by molar-refractivity contribution is 0.0368. The molecule has 2 fully saturated rings. The molecule has 1 saturated heterocycles. The Balaban J connectivity index is 1.64. The van der Waals surface area contributed by atoms with E-state index in [2.05, 4.69) is 27.4 Å². The summed E-state index contributed by atoms with van der Waals surface area (Å²) in [5.41, 5.74) is 5.50. The van der Waals surface area contributed by atoms with Crippen LogP contribution in [0.5, 0.6) is 0 Å². The number of guanidine groups is 1. The number of piperidine rings is 1. The van der Waals surface area contributed by atoms with Crippen LogP contribution in [0, 0.1) is 0 Å². The van der Waals surface area contributed by atoms with E-state index in [0.29, 0.717) is 12.3 Å². The highest BCUT2D eigenvalue weighted by Crippen LogP contribution is 2.35. The van der Waals surface area contributed by atoms with Crippen molar-refractivity contribution in [3.8, 4) is 0 Å². The zero-order valence-corrected chi connectivity index (χ0v) is 17.1. The first-order valence-corrected chi connectivity index (χ1v) is 10.8. The average Bonchev–Trinajstić information content (AvgIpc) is 3.21. The first-order chi connectivity index (χ1) is 13.6. The molecule has 1 aliphatic heterocycles. The fraction of sp³-hybridized carbons (Fsp3) is 0.714. The van der Waals surface area contributed by atoms with E-state index in [1.165, 1.54) is 64.5 Å². The van der Waals surface area contributed by atoms with Crippen LogP contribution in [0.3, 0.4) is 0 Å². The van der Waals surface area contributed by atoms with Crippen molar-refractivity contribution in [1.82, 2.24) is 15.5 Å². The highest BCUT2D eigenvalue weighted by atomic mass is 16.3. The highest BCUT2D eigenvalue weighted by molar-refractivity contribution is 5.89. The average molecular weight is 390 g/mol. The number of nitrogens with zero attached hydrogens (tertiary/aromatic N) is 2. The molecule has 156 valence electrons. The summed E-state index contributed by atoms with van der Waals surface area (Å²) in [4.78, 5) is 18.6. The molecule has 7 nitrogen and oxygen atoms in total. The number of hydrogen-bond acceptors (Lipinski definition) is 4. The van der Waals surface area contributed by atoms with E-state index >= 15 is 0 Å². The van der Waals surface area contributed by atoms with E-state index in [0.717, 1.165) is 19.0 Å². The molecular formula is C21H35N5O2. The smallest absolute Gasteiger partial charge is 0.284 e. The first-order valence-electron chi connectivity index (χ1n) is 10.8. The van der Waals surface area contributed by atoms with Crippen LogP contribution in [-0.2, 0) is 6.54 Å². The van der Waals surface area contributed by atoms with Crippen LogP contribution in [0.2, 0.25) is 0 Å². The molecule has 2 heterocycles. The molecule has 0 aromatic carbocycles. The molecule has 28 heavy (non-hydrogen) atoms. The molecule has 0 atom stereocenters. The standard InChI is InChI=1S/C21H35N5O2/c1-2-23-20(24-15-17-9-10-18(28-17)19(22)27)25-16-21(11-5-3-6-12-21)26-13-7-4-8-14-26/h9-10H,2-8,11-16H2,1H3,(H2,22,27)(H2,23,24,25). The topological polar surface area (TPSA) is 95.9 Å². The van der Waals surface area contributed by atoms with Crippen molar-refractivity contribution >= 4 is 11.9 Å². The number of carbonyl (C=O) groups excluding carboxylic acids is 1. The van der Waals surface area contributed by atoms with E-state index in [4.69, 9.17) is 10.2 Å². The molecule has 0 bridgehead atoms. The Kier molecular flexibility index (Phi) is 7.36. The van der Waals surface area contributed by atoms with Crippen molar-refractivity contribution in [3.05, 3.63) is 23.7 Å². The van der Waals surface area contributed by atoms with Gasteiger partial charge in [-0.15, -0.1) is 0 Å². The van der Waals surface area contributed by atoms with Crippen LogP contribution in [0.1, 0.15) is 74.6 Å². The molecule has 0 spiro atoms. The summed E-state index contributed by atoms with van der Waals surface area (Å²) in [6, 6.07) is 3.35. The Morgan fingerprint density at radius 3 is 2.50 bits per heavy atom. The van der Waals surface area contributed by atoms with Gasteiger partial charge in [0.25, 0.3) is 5.91 Å². The summed E-state index contributed by atoms with van der Waals surface area (Å²) >= 11 is 0. The molecule has 1 aromatic rings. The fourth-order valence-electron chi connectivity index (χ4n) is 4.53. The van der Waals surface area contributed by atoms with Crippen molar-refractivity contribution in [2.24, 2.45) is 10.7 Å². The largest absolute Gasteiger partial charge is 0.454 e. The number of amides is 1. The van der Waals surface area contributed by atoms with E-state index < -0.39 is 5.91 Å². The Hall–Kier alpha value is -2.02. The van der Waals surface area contributed by atoms with Crippen LogP contribution in [-0.4, -0.2) is 48.5 Å². The van der Waals surface area contributed by atoms with Crippen LogP contribution >= 0.6 is 0 Å². The second-order valence-electron chi connectivity index (χ2n) is 8.01. The molecule has 1 saturated carbocycles. The third-order valence-corrected chi connectivity index (χ3v) is 6.04. The van der Waals surface area contributed by atoms with Crippen molar-refractivity contribution in [1.29, 1.82) is 0 Å². The van der Waals surface area contributed by atoms with Gasteiger partial charge in [-0.3, -0.25) is 9.69 Å². The molecule has 1 aromatic heterocycles. The van der Waals surface area contributed by atoms with E-state index in [-0.39, 0.29) is 11.3 Å². The SMILES string of the molecule is CCNC(=NCc1ccc(C(N)=O)o1)NCC1(N2CCCCC2)CCCCC1. The molecule has 7 heteroatoms. The van der Waals surface area contributed by atoms with Gasteiger partial charge in [0.2, 0.25) is 0 Å². The zero-order valence-electron chi connectivity index (χ0n) is 17.1. The lowest BCUT2D eigenvalue weighted by atomic mass is 9.79. The Labute approximate surface area is 168 Å². The van der Waals surface area contributed by atoms with Crippen molar-refractivity contribution in [2.75, 3.05) is 26.2 Å². The molecule has 4 N–H and O–H groups in total. The number of carbonyl (C=O) groups is 1. The number of aliphatic imine (C=N–C) groups is 1. The van der Waals surface area contributed by atoms with Gasteiger partial charge in [-0.2, -0.15) is 0 Å². The summed E-state index contributed by atoms with van der Waals surface area (Å²) in [5, 5.41) is 6.92. The minimum atomic E-state index is -0.555. The normalized spacial score (nSPS) is 20.7. The maximum absolute atomic E-state index is 11.2. The number of furan rings is 1. The van der Waals surface area contributed by atoms with Crippen LogP contribution in [0.25, 0.3) is 0 Å². The van der Waals surface area contributed by atoms with Gasteiger partial charge in [0.15, 0.2) is 11.7 Å². The van der Waals surface area contributed by atoms with Crippen molar-refractivity contribution < 1.29 is 9.21 Å². The summed E-state index contributed by atoms with van der Waals surface area (Å²) in [5.74, 6) is 1.05. The number of likely N-dealkylation sites (tertiary alicyclic amines) is 1.